The van der Waals surface area contributed by atoms with Crippen molar-refractivity contribution in [3.63, 3.8) is 0 Å². The topological polar surface area (TPSA) is 112 Å². The van der Waals surface area contributed by atoms with Gasteiger partial charge in [0, 0.05) is 13.7 Å². The zero-order valence-electron chi connectivity index (χ0n) is 15.7. The van der Waals surface area contributed by atoms with Gasteiger partial charge < -0.3 is 16.0 Å². The molecular formula is C17H30N4O3S. The number of pyridine rings is 1. The maximum Gasteiger partial charge on any atom is 0.253 e. The molecule has 1 amide bonds. The van der Waals surface area contributed by atoms with E-state index >= 15 is 0 Å². The molecular weight excluding hydrogens is 340 g/mol. The lowest BCUT2D eigenvalue weighted by Crippen LogP contribution is -2.63. The smallest absolute Gasteiger partial charge is 0.253 e. The Kier molecular flexibility index (Phi) is 6.70. The maximum atomic E-state index is 12.4. The van der Waals surface area contributed by atoms with Crippen LogP contribution in [0.15, 0.2) is 12.3 Å². The van der Waals surface area contributed by atoms with Crippen LogP contribution in [-0.2, 0) is 9.84 Å². The van der Waals surface area contributed by atoms with Gasteiger partial charge in [0.2, 0.25) is 0 Å². The molecule has 2 heterocycles. The molecule has 1 fully saturated rings. The van der Waals surface area contributed by atoms with Crippen LogP contribution in [0.5, 0.6) is 0 Å². The highest BCUT2D eigenvalue weighted by Gasteiger charge is 2.45. The normalized spacial score (nSPS) is 16.9. The molecule has 0 bridgehead atoms. The molecule has 1 aromatic heterocycles. The SMILES string of the molecule is CC.CC(=N)c1ncc(C(=O)NC2(C)CS(=O)(=O)C2)cc1NC(C)C.[HH]. The maximum absolute atomic E-state index is 12.4. The van der Waals surface area contributed by atoms with Crippen LogP contribution in [0.3, 0.4) is 0 Å². The third-order valence-corrected chi connectivity index (χ3v) is 5.60. The van der Waals surface area contributed by atoms with Gasteiger partial charge in [-0.15, -0.1) is 0 Å². The summed E-state index contributed by atoms with van der Waals surface area (Å²) in [4.78, 5) is 16.5. The van der Waals surface area contributed by atoms with Crippen LogP contribution in [0.2, 0.25) is 0 Å². The molecule has 7 nitrogen and oxygen atoms in total. The van der Waals surface area contributed by atoms with Gasteiger partial charge in [-0.25, -0.2) is 8.42 Å². The van der Waals surface area contributed by atoms with Gasteiger partial charge in [0.15, 0.2) is 9.84 Å². The van der Waals surface area contributed by atoms with E-state index in [-0.39, 0.29) is 24.9 Å². The number of hydrogen-bond acceptors (Lipinski definition) is 6. The van der Waals surface area contributed by atoms with Crippen LogP contribution in [0.4, 0.5) is 5.69 Å². The predicted molar refractivity (Wildman–Crippen MR) is 103 cm³/mol. The number of nitrogens with zero attached hydrogens (tertiary/aromatic N) is 1. The molecule has 142 valence electrons. The third kappa shape index (κ3) is 5.52. The standard InChI is InChI=1S/C15H22N4O3S.C2H6.H2/c1-9(2)18-12-5-11(6-17-13(12)10(3)16)14(20)19-15(4)7-23(21,22)8-15;1-2;/h5-6,9,16,18H,7-8H2,1-4H3,(H,19,20);1-2H3;1H. The summed E-state index contributed by atoms with van der Waals surface area (Å²) >= 11 is 0. The number of hydrogen-bond donors (Lipinski definition) is 3. The average Bonchev–Trinajstić information content (AvgIpc) is 2.45. The summed E-state index contributed by atoms with van der Waals surface area (Å²) in [6, 6.07) is 1.77. The van der Waals surface area contributed by atoms with Crippen molar-refractivity contribution < 1.29 is 14.6 Å². The lowest BCUT2D eigenvalue weighted by molar-refractivity contribution is 0.0916. The number of carbonyl (C=O) groups is 1. The van der Waals surface area contributed by atoms with E-state index in [4.69, 9.17) is 5.41 Å². The van der Waals surface area contributed by atoms with Gasteiger partial charge in [0.1, 0.15) is 5.69 Å². The molecule has 0 spiro atoms. The number of nitrogens with one attached hydrogen (secondary N) is 3. The lowest BCUT2D eigenvalue weighted by Gasteiger charge is -2.38. The highest BCUT2D eigenvalue weighted by atomic mass is 32.2. The highest BCUT2D eigenvalue weighted by Crippen LogP contribution is 2.24. The van der Waals surface area contributed by atoms with Crippen molar-refractivity contribution in [2.75, 3.05) is 16.8 Å². The molecule has 3 N–H and O–H groups in total. The highest BCUT2D eigenvalue weighted by molar-refractivity contribution is 7.93. The van der Waals surface area contributed by atoms with Crippen LogP contribution >= 0.6 is 0 Å². The van der Waals surface area contributed by atoms with Gasteiger partial charge in [-0.05, 0) is 33.8 Å². The molecule has 0 unspecified atom stereocenters. The first-order valence-corrected chi connectivity index (χ1v) is 10.2. The van der Waals surface area contributed by atoms with Crippen LogP contribution in [0, 0.1) is 5.41 Å². The second-order valence-corrected chi connectivity index (χ2v) is 8.66. The van der Waals surface area contributed by atoms with Crippen molar-refractivity contribution in [1.82, 2.24) is 10.3 Å². The Bertz CT molecular complexity index is 751. The van der Waals surface area contributed by atoms with Crippen molar-refractivity contribution in [2.24, 2.45) is 0 Å². The second kappa shape index (κ2) is 7.95. The number of carbonyl (C=O) groups excluding carboxylic acids is 1. The third-order valence-electron chi connectivity index (χ3n) is 3.44. The predicted octanol–water partition coefficient (Wildman–Crippen LogP) is 2.48. The minimum atomic E-state index is -3.03. The molecule has 1 aromatic rings. The summed E-state index contributed by atoms with van der Waals surface area (Å²) in [5.41, 5.74) is 1.03. The van der Waals surface area contributed by atoms with E-state index < -0.39 is 15.4 Å². The van der Waals surface area contributed by atoms with E-state index in [0.29, 0.717) is 22.7 Å². The van der Waals surface area contributed by atoms with E-state index in [1.54, 1.807) is 19.9 Å². The van der Waals surface area contributed by atoms with E-state index in [2.05, 4.69) is 15.6 Å². The Hall–Kier alpha value is -1.96. The Morgan fingerprint density at radius 2 is 1.92 bits per heavy atom. The molecule has 0 aromatic carbocycles. The molecule has 0 saturated carbocycles. The second-order valence-electron chi connectivity index (χ2n) is 6.59. The minimum Gasteiger partial charge on any atom is -0.381 e. The van der Waals surface area contributed by atoms with Crippen molar-refractivity contribution in [3.8, 4) is 0 Å². The molecule has 0 radical (unpaired) electrons. The molecule has 1 aliphatic rings. The molecule has 1 saturated heterocycles. The minimum absolute atomic E-state index is 0. The summed E-state index contributed by atoms with van der Waals surface area (Å²) in [7, 11) is -3.03. The van der Waals surface area contributed by atoms with E-state index in [1.807, 2.05) is 27.7 Å². The van der Waals surface area contributed by atoms with Gasteiger partial charge in [-0.2, -0.15) is 0 Å². The summed E-state index contributed by atoms with van der Waals surface area (Å²) in [6.45, 7) is 11.3. The van der Waals surface area contributed by atoms with E-state index in [0.717, 1.165) is 0 Å². The molecule has 8 heteroatoms. The molecule has 2 rings (SSSR count). The van der Waals surface area contributed by atoms with E-state index in [1.165, 1.54) is 6.20 Å². The monoisotopic (exact) mass is 370 g/mol. The number of aromatic nitrogens is 1. The van der Waals surface area contributed by atoms with Gasteiger partial charge in [-0.1, -0.05) is 13.8 Å². The first kappa shape index (κ1) is 21.1. The van der Waals surface area contributed by atoms with Crippen LogP contribution in [0.1, 0.15) is 59.0 Å². The number of sulfone groups is 1. The Balaban J connectivity index is 0.00000201. The molecule has 25 heavy (non-hydrogen) atoms. The van der Waals surface area contributed by atoms with Crippen LogP contribution in [-0.4, -0.2) is 48.1 Å². The lowest BCUT2D eigenvalue weighted by atomic mass is 10.1. The Morgan fingerprint density at radius 1 is 1.36 bits per heavy atom. The van der Waals surface area contributed by atoms with Crippen LogP contribution in [0.25, 0.3) is 0 Å². The zero-order valence-corrected chi connectivity index (χ0v) is 16.5. The number of anilines is 1. The number of rotatable bonds is 5. The number of amides is 1. The van der Waals surface area contributed by atoms with Crippen LogP contribution < -0.4 is 10.6 Å². The Morgan fingerprint density at radius 3 is 2.36 bits per heavy atom. The summed E-state index contributed by atoms with van der Waals surface area (Å²) in [6.07, 6.45) is 1.41. The first-order valence-electron chi connectivity index (χ1n) is 8.36. The zero-order chi connectivity index (χ0) is 19.4. The van der Waals surface area contributed by atoms with Crippen molar-refractivity contribution in [2.45, 2.75) is 53.1 Å². The van der Waals surface area contributed by atoms with Gasteiger partial charge >= 0.3 is 0 Å². The van der Waals surface area contributed by atoms with Crippen molar-refractivity contribution >= 4 is 27.1 Å². The van der Waals surface area contributed by atoms with Crippen molar-refractivity contribution in [3.05, 3.63) is 23.5 Å². The largest absolute Gasteiger partial charge is 0.381 e. The summed E-state index contributed by atoms with van der Waals surface area (Å²) in [5, 5.41) is 13.7. The fourth-order valence-electron chi connectivity index (χ4n) is 2.66. The fourth-order valence-corrected chi connectivity index (χ4v) is 4.66. The first-order chi connectivity index (χ1) is 11.5. The molecule has 0 atom stereocenters. The van der Waals surface area contributed by atoms with Crippen molar-refractivity contribution in [1.29, 1.82) is 5.41 Å². The molecule has 0 aliphatic carbocycles. The van der Waals surface area contributed by atoms with Gasteiger partial charge in [0.05, 0.1) is 34.0 Å². The van der Waals surface area contributed by atoms with E-state index in [9.17, 15) is 13.2 Å². The average molecular weight is 371 g/mol. The summed E-state index contributed by atoms with van der Waals surface area (Å²) in [5.74, 6) is -0.460. The fraction of sp³-hybridized carbons (Fsp3) is 0.588. The van der Waals surface area contributed by atoms with Gasteiger partial charge in [0.25, 0.3) is 5.91 Å². The summed E-state index contributed by atoms with van der Waals surface area (Å²) < 4.78 is 22.6. The van der Waals surface area contributed by atoms with Gasteiger partial charge in [-0.3, -0.25) is 9.78 Å². The Labute approximate surface area is 151 Å². The quantitative estimate of drug-likeness (QED) is 0.689. The molecule has 1 aliphatic heterocycles.